The van der Waals surface area contributed by atoms with Crippen molar-refractivity contribution in [1.29, 1.82) is 0 Å². The summed E-state index contributed by atoms with van der Waals surface area (Å²) in [5.74, 6) is 0. The monoisotopic (exact) mass is 148 g/mol. The van der Waals surface area contributed by atoms with Crippen molar-refractivity contribution in [1.82, 2.24) is 0 Å². The lowest BCUT2D eigenvalue weighted by Gasteiger charge is -1.92. The highest BCUT2D eigenvalue weighted by molar-refractivity contribution is 5.24. The zero-order valence-electron chi connectivity index (χ0n) is 7.38. The molecule has 0 N–H and O–H groups in total. The van der Waals surface area contributed by atoms with Crippen molar-refractivity contribution in [2.75, 3.05) is 0 Å². The highest BCUT2D eigenvalue weighted by atomic mass is 13.9. The van der Waals surface area contributed by atoms with Gasteiger partial charge in [0.15, 0.2) is 0 Å². The molecular weight excluding hydrogens is 132 g/mol. The van der Waals surface area contributed by atoms with Gasteiger partial charge in [-0.3, -0.25) is 0 Å². The number of hydrogen-bond acceptors (Lipinski definition) is 0. The Labute approximate surface area is 69.6 Å². The Hall–Kier alpha value is -1.04. The molecule has 0 fully saturated rings. The van der Waals surface area contributed by atoms with Crippen molar-refractivity contribution >= 4 is 0 Å². The zero-order chi connectivity index (χ0) is 8.53. The van der Waals surface area contributed by atoms with E-state index >= 15 is 0 Å². The van der Waals surface area contributed by atoms with Gasteiger partial charge in [0.1, 0.15) is 0 Å². The average Bonchev–Trinajstić information content (AvgIpc) is 2.05. The normalized spacial score (nSPS) is 13.1. The van der Waals surface area contributed by atoms with Gasteiger partial charge in [-0.05, 0) is 25.8 Å². The largest absolute Gasteiger partial charge is 0.0988 e. The molecular formula is C11H16. The Bertz CT molecular complexity index is 180. The lowest BCUT2D eigenvalue weighted by Crippen LogP contribution is -1.72. The first-order chi connectivity index (χ1) is 5.35. The van der Waals surface area contributed by atoms with E-state index in [1.54, 1.807) is 0 Å². The van der Waals surface area contributed by atoms with Crippen LogP contribution in [-0.2, 0) is 0 Å². The predicted octanol–water partition coefficient (Wildman–Crippen LogP) is 3.64. The molecule has 0 radical (unpaired) electrons. The molecule has 0 aliphatic carbocycles. The average molecular weight is 148 g/mol. The van der Waals surface area contributed by atoms with E-state index in [-0.39, 0.29) is 0 Å². The highest BCUT2D eigenvalue weighted by Crippen LogP contribution is 2.03. The predicted molar refractivity (Wildman–Crippen MR) is 52.5 cm³/mol. The topological polar surface area (TPSA) is 0 Å². The molecule has 0 saturated carbocycles. The highest BCUT2D eigenvalue weighted by Gasteiger charge is 1.83. The van der Waals surface area contributed by atoms with Gasteiger partial charge in [-0.25, -0.2) is 0 Å². The lowest BCUT2D eigenvalue weighted by atomic mass is 10.1. The van der Waals surface area contributed by atoms with Crippen LogP contribution in [0.3, 0.4) is 0 Å². The molecule has 0 saturated heterocycles. The van der Waals surface area contributed by atoms with Crippen LogP contribution < -0.4 is 0 Å². The van der Waals surface area contributed by atoms with Gasteiger partial charge in [-0.2, -0.15) is 0 Å². The second-order valence-corrected chi connectivity index (χ2v) is 2.24. The molecule has 0 aliphatic heterocycles. The van der Waals surface area contributed by atoms with Crippen molar-refractivity contribution in [3.63, 3.8) is 0 Å². The quantitative estimate of drug-likeness (QED) is 0.422. The molecule has 0 amide bonds. The van der Waals surface area contributed by atoms with Crippen molar-refractivity contribution in [3.05, 3.63) is 48.6 Å². The molecule has 0 heteroatoms. The summed E-state index contributed by atoms with van der Waals surface area (Å²) in [4.78, 5) is 0. The summed E-state index contributed by atoms with van der Waals surface area (Å²) in [6.45, 7) is 7.76. The van der Waals surface area contributed by atoms with Crippen LogP contribution in [0.15, 0.2) is 48.6 Å². The molecule has 0 aromatic carbocycles. The maximum Gasteiger partial charge on any atom is -0.00978 e. The van der Waals surface area contributed by atoms with E-state index < -0.39 is 0 Å². The van der Waals surface area contributed by atoms with Crippen LogP contribution in [0.2, 0.25) is 0 Å². The third kappa shape index (κ3) is 5.41. The van der Waals surface area contributed by atoms with E-state index in [9.17, 15) is 0 Å². The molecule has 0 rings (SSSR count). The van der Waals surface area contributed by atoms with Crippen molar-refractivity contribution < 1.29 is 0 Å². The van der Waals surface area contributed by atoms with Crippen LogP contribution >= 0.6 is 0 Å². The first kappa shape index (κ1) is 9.96. The Morgan fingerprint density at radius 3 is 2.45 bits per heavy atom. The Morgan fingerprint density at radius 1 is 1.27 bits per heavy atom. The minimum Gasteiger partial charge on any atom is -0.0988 e. The summed E-state index contributed by atoms with van der Waals surface area (Å²) in [5, 5.41) is 0. The molecule has 0 aliphatic rings. The Kier molecular flexibility index (Phi) is 6.40. The maximum atomic E-state index is 3.73. The van der Waals surface area contributed by atoms with Crippen LogP contribution in [-0.4, -0.2) is 0 Å². The van der Waals surface area contributed by atoms with Gasteiger partial charge in [-0.1, -0.05) is 43.0 Å². The molecule has 0 unspecified atom stereocenters. The molecule has 0 nitrogen and oxygen atoms in total. The van der Waals surface area contributed by atoms with Crippen LogP contribution in [0.4, 0.5) is 0 Å². The molecule has 11 heavy (non-hydrogen) atoms. The van der Waals surface area contributed by atoms with E-state index in [0.29, 0.717) is 0 Å². The van der Waals surface area contributed by atoms with Crippen molar-refractivity contribution in [2.45, 2.75) is 20.3 Å². The minimum absolute atomic E-state index is 0.977. The van der Waals surface area contributed by atoms with Crippen LogP contribution in [0, 0.1) is 0 Å². The second kappa shape index (κ2) is 7.07. The minimum atomic E-state index is 0.977. The van der Waals surface area contributed by atoms with Gasteiger partial charge in [0.25, 0.3) is 0 Å². The van der Waals surface area contributed by atoms with Crippen LogP contribution in [0.25, 0.3) is 0 Å². The first-order valence-corrected chi connectivity index (χ1v) is 3.90. The van der Waals surface area contributed by atoms with Crippen molar-refractivity contribution in [3.8, 4) is 0 Å². The van der Waals surface area contributed by atoms with E-state index in [1.165, 1.54) is 5.57 Å². The van der Waals surface area contributed by atoms with Gasteiger partial charge in [0.05, 0.1) is 0 Å². The van der Waals surface area contributed by atoms with E-state index in [1.807, 2.05) is 38.2 Å². The standard InChI is InChI=1S/C11H16/c1-4-7-9-11(6-3)10-8-5-2/h4-9H,3,10H2,1-2H3/b7-4-,8-5+,11-9+. The fraction of sp³-hybridized carbons (Fsp3) is 0.273. The Balaban J connectivity index is 4.04. The van der Waals surface area contributed by atoms with Gasteiger partial charge >= 0.3 is 0 Å². The molecule has 60 valence electrons. The molecule has 0 heterocycles. The van der Waals surface area contributed by atoms with E-state index in [4.69, 9.17) is 0 Å². The summed E-state index contributed by atoms with van der Waals surface area (Å²) in [7, 11) is 0. The summed E-state index contributed by atoms with van der Waals surface area (Å²) in [6, 6.07) is 0. The zero-order valence-corrected chi connectivity index (χ0v) is 7.38. The van der Waals surface area contributed by atoms with Crippen molar-refractivity contribution in [2.24, 2.45) is 0 Å². The van der Waals surface area contributed by atoms with Gasteiger partial charge in [0.2, 0.25) is 0 Å². The van der Waals surface area contributed by atoms with Crippen LogP contribution in [0.1, 0.15) is 20.3 Å². The summed E-state index contributed by atoms with van der Waals surface area (Å²) >= 11 is 0. The van der Waals surface area contributed by atoms with E-state index in [0.717, 1.165) is 6.42 Å². The molecule has 0 aromatic rings. The number of allylic oxidation sites excluding steroid dienone is 7. The summed E-state index contributed by atoms with van der Waals surface area (Å²) < 4.78 is 0. The van der Waals surface area contributed by atoms with Gasteiger partial charge in [-0.15, -0.1) is 0 Å². The SMILES string of the molecule is C=C/C(=C\C=C/C)C/C=C/C. The van der Waals surface area contributed by atoms with E-state index in [2.05, 4.69) is 18.7 Å². The van der Waals surface area contributed by atoms with Gasteiger partial charge < -0.3 is 0 Å². The number of rotatable bonds is 4. The fourth-order valence-electron chi connectivity index (χ4n) is 0.693. The molecule has 0 bridgehead atoms. The Morgan fingerprint density at radius 2 is 2.00 bits per heavy atom. The maximum absolute atomic E-state index is 3.73. The van der Waals surface area contributed by atoms with Crippen LogP contribution in [0.5, 0.6) is 0 Å². The lowest BCUT2D eigenvalue weighted by molar-refractivity contribution is 1.28. The molecule has 0 spiro atoms. The van der Waals surface area contributed by atoms with Gasteiger partial charge in [0, 0.05) is 0 Å². The fourth-order valence-corrected chi connectivity index (χ4v) is 0.693. The first-order valence-electron chi connectivity index (χ1n) is 3.90. The molecule has 0 atom stereocenters. The summed E-state index contributed by atoms with van der Waals surface area (Å²) in [5.41, 5.74) is 1.25. The number of hydrogen-bond donors (Lipinski definition) is 0. The molecule has 0 aromatic heterocycles. The smallest absolute Gasteiger partial charge is 0.00978 e. The summed E-state index contributed by atoms with van der Waals surface area (Å²) in [6.07, 6.45) is 13.2. The third-order valence-corrected chi connectivity index (χ3v) is 1.35. The second-order valence-electron chi connectivity index (χ2n) is 2.24. The third-order valence-electron chi connectivity index (χ3n) is 1.35.